The van der Waals surface area contributed by atoms with Gasteiger partial charge in [0.15, 0.2) is 0 Å². The Hall–Kier alpha value is -2.61. The van der Waals surface area contributed by atoms with Gasteiger partial charge in [-0.3, -0.25) is 4.98 Å². The van der Waals surface area contributed by atoms with Gasteiger partial charge in [0.1, 0.15) is 6.07 Å². The van der Waals surface area contributed by atoms with Crippen molar-refractivity contribution in [2.24, 2.45) is 0 Å². The van der Waals surface area contributed by atoms with E-state index in [9.17, 15) is 0 Å². The zero-order chi connectivity index (χ0) is 17.9. The summed E-state index contributed by atoms with van der Waals surface area (Å²) in [7, 11) is 0. The van der Waals surface area contributed by atoms with Crippen LogP contribution in [0.4, 0.5) is 5.69 Å². The van der Waals surface area contributed by atoms with E-state index >= 15 is 0 Å². The molecule has 0 atom stereocenters. The van der Waals surface area contributed by atoms with Crippen molar-refractivity contribution >= 4 is 28.1 Å². The number of hydrogen-bond donors (Lipinski definition) is 2. The summed E-state index contributed by atoms with van der Waals surface area (Å²) >= 11 is 6.24. The summed E-state index contributed by atoms with van der Waals surface area (Å²) in [6.07, 6.45) is 5.93. The third-order valence-corrected chi connectivity index (χ3v) is 5.19. The monoisotopic (exact) mass is 362 g/mol. The fraction of sp³-hybridized carbons (Fsp3) is 0.238. The van der Waals surface area contributed by atoms with E-state index in [2.05, 4.69) is 33.8 Å². The molecule has 2 heterocycles. The summed E-state index contributed by atoms with van der Waals surface area (Å²) in [6, 6.07) is 14.5. The zero-order valence-electron chi connectivity index (χ0n) is 14.3. The van der Waals surface area contributed by atoms with E-state index in [1.54, 1.807) is 6.07 Å². The van der Waals surface area contributed by atoms with E-state index in [1.165, 1.54) is 0 Å². The van der Waals surface area contributed by atoms with Crippen LogP contribution < -0.4 is 10.6 Å². The number of pyridine rings is 1. The molecule has 0 spiro atoms. The molecule has 0 saturated carbocycles. The molecule has 26 heavy (non-hydrogen) atoms. The van der Waals surface area contributed by atoms with Crippen LogP contribution >= 0.6 is 11.6 Å². The first-order chi connectivity index (χ1) is 12.7. The van der Waals surface area contributed by atoms with E-state index in [1.807, 2.05) is 30.6 Å². The minimum Gasteiger partial charge on any atom is -0.382 e. The number of halogens is 1. The third kappa shape index (κ3) is 3.37. The number of aromatic nitrogens is 1. The molecule has 4 rings (SSSR count). The van der Waals surface area contributed by atoms with E-state index < -0.39 is 0 Å². The zero-order valence-corrected chi connectivity index (χ0v) is 15.1. The third-order valence-electron chi connectivity index (χ3n) is 4.88. The second-order valence-corrected chi connectivity index (χ2v) is 7.00. The van der Waals surface area contributed by atoms with E-state index in [-0.39, 0.29) is 0 Å². The van der Waals surface area contributed by atoms with Crippen LogP contribution in [0.3, 0.4) is 0 Å². The average molecular weight is 363 g/mol. The summed E-state index contributed by atoms with van der Waals surface area (Å²) < 4.78 is 0. The predicted molar refractivity (Wildman–Crippen MR) is 106 cm³/mol. The molecular formula is C21H19ClN4. The Morgan fingerprint density at radius 1 is 1.12 bits per heavy atom. The molecule has 1 aliphatic heterocycles. The summed E-state index contributed by atoms with van der Waals surface area (Å²) in [5, 5.41) is 18.9. The molecule has 5 heteroatoms. The Morgan fingerprint density at radius 3 is 2.73 bits per heavy atom. The molecular weight excluding hydrogens is 344 g/mol. The van der Waals surface area contributed by atoms with Crippen molar-refractivity contribution in [2.75, 3.05) is 18.4 Å². The molecule has 4 nitrogen and oxygen atoms in total. The Morgan fingerprint density at radius 2 is 1.96 bits per heavy atom. The van der Waals surface area contributed by atoms with Gasteiger partial charge in [-0.1, -0.05) is 17.7 Å². The summed E-state index contributed by atoms with van der Waals surface area (Å²) in [5.74, 6) is 0. The van der Waals surface area contributed by atoms with Gasteiger partial charge in [-0.15, -0.1) is 0 Å². The maximum absolute atomic E-state index is 9.09. The van der Waals surface area contributed by atoms with Crippen molar-refractivity contribution in [3.63, 3.8) is 0 Å². The molecule has 3 aromatic rings. The van der Waals surface area contributed by atoms with Crippen LogP contribution in [0.2, 0.25) is 5.02 Å². The highest BCUT2D eigenvalue weighted by Crippen LogP contribution is 2.33. The summed E-state index contributed by atoms with van der Waals surface area (Å²) in [4.78, 5) is 4.30. The van der Waals surface area contributed by atoms with Gasteiger partial charge in [0.05, 0.1) is 10.6 Å². The van der Waals surface area contributed by atoms with Crippen LogP contribution in [0.15, 0.2) is 48.8 Å². The molecule has 2 aromatic carbocycles. The predicted octanol–water partition coefficient (Wildman–Crippen LogP) is 4.59. The summed E-state index contributed by atoms with van der Waals surface area (Å²) in [5.41, 5.74) is 3.67. The van der Waals surface area contributed by atoms with Crippen LogP contribution in [-0.2, 0) is 0 Å². The average Bonchev–Trinajstić information content (AvgIpc) is 2.68. The first-order valence-electron chi connectivity index (χ1n) is 8.79. The number of hydrogen-bond acceptors (Lipinski definition) is 4. The molecule has 0 amide bonds. The molecule has 0 aliphatic carbocycles. The minimum atomic E-state index is 0.458. The molecule has 1 saturated heterocycles. The maximum Gasteiger partial charge on any atom is 0.101 e. The van der Waals surface area contributed by atoms with Gasteiger partial charge in [0, 0.05) is 29.5 Å². The fourth-order valence-electron chi connectivity index (χ4n) is 3.46. The highest BCUT2D eigenvalue weighted by Gasteiger charge is 2.15. The first-order valence-corrected chi connectivity index (χ1v) is 9.17. The van der Waals surface area contributed by atoms with E-state index in [4.69, 9.17) is 16.9 Å². The Bertz CT molecular complexity index is 987. The number of benzene rings is 2. The maximum atomic E-state index is 9.09. The van der Waals surface area contributed by atoms with Crippen molar-refractivity contribution in [3.8, 4) is 17.2 Å². The van der Waals surface area contributed by atoms with Crippen molar-refractivity contribution in [2.45, 2.75) is 18.9 Å². The molecule has 1 fully saturated rings. The lowest BCUT2D eigenvalue weighted by molar-refractivity contribution is 0.479. The lowest BCUT2D eigenvalue weighted by atomic mass is 9.98. The van der Waals surface area contributed by atoms with Gasteiger partial charge >= 0.3 is 0 Å². The highest BCUT2D eigenvalue weighted by molar-refractivity contribution is 6.32. The standard InChI is InChI=1S/C21H19ClN4/c22-20-10-14(1-2-16(20)12-23)17-9-15-3-6-25-13-19(15)21(11-17)26-18-4-7-24-8-5-18/h1-3,6,9-11,13,18,24,26H,4-5,7-8H2. The van der Waals surface area contributed by atoms with Gasteiger partial charge in [0.25, 0.3) is 0 Å². The SMILES string of the molecule is N#Cc1ccc(-c2cc(NC3CCNCC3)c3cnccc3c2)cc1Cl. The van der Waals surface area contributed by atoms with Gasteiger partial charge in [-0.25, -0.2) is 0 Å². The Labute approximate surface area is 157 Å². The van der Waals surface area contributed by atoms with Crippen LogP contribution in [0.25, 0.3) is 21.9 Å². The van der Waals surface area contributed by atoms with Gasteiger partial charge in [-0.05, 0) is 72.8 Å². The number of nitriles is 1. The molecule has 0 bridgehead atoms. The normalized spacial score (nSPS) is 14.9. The van der Waals surface area contributed by atoms with E-state index in [0.717, 1.165) is 53.5 Å². The smallest absolute Gasteiger partial charge is 0.101 e. The number of nitrogens with one attached hydrogen (secondary N) is 2. The van der Waals surface area contributed by atoms with Crippen molar-refractivity contribution in [3.05, 3.63) is 59.4 Å². The molecule has 130 valence electrons. The fourth-order valence-corrected chi connectivity index (χ4v) is 3.68. The van der Waals surface area contributed by atoms with Crippen molar-refractivity contribution in [1.29, 1.82) is 5.26 Å². The molecule has 1 aromatic heterocycles. The topological polar surface area (TPSA) is 60.7 Å². The van der Waals surface area contributed by atoms with Crippen LogP contribution in [-0.4, -0.2) is 24.1 Å². The van der Waals surface area contributed by atoms with Crippen molar-refractivity contribution in [1.82, 2.24) is 10.3 Å². The van der Waals surface area contributed by atoms with Crippen molar-refractivity contribution < 1.29 is 0 Å². The second kappa shape index (κ2) is 7.33. The second-order valence-electron chi connectivity index (χ2n) is 6.60. The highest BCUT2D eigenvalue weighted by atomic mass is 35.5. The lowest BCUT2D eigenvalue weighted by Gasteiger charge is -2.25. The van der Waals surface area contributed by atoms with Crippen LogP contribution in [0, 0.1) is 11.3 Å². The number of piperidine rings is 1. The number of fused-ring (bicyclic) bond motifs is 1. The number of nitrogens with zero attached hydrogens (tertiary/aromatic N) is 2. The minimum absolute atomic E-state index is 0.458. The molecule has 1 aliphatic rings. The molecule has 2 N–H and O–H groups in total. The van der Waals surface area contributed by atoms with E-state index in [0.29, 0.717) is 16.6 Å². The van der Waals surface area contributed by atoms with Crippen LogP contribution in [0.1, 0.15) is 18.4 Å². The van der Waals surface area contributed by atoms with Gasteiger partial charge in [-0.2, -0.15) is 5.26 Å². The number of anilines is 1. The lowest BCUT2D eigenvalue weighted by Crippen LogP contribution is -2.35. The largest absolute Gasteiger partial charge is 0.382 e. The number of rotatable bonds is 3. The molecule has 0 radical (unpaired) electrons. The summed E-state index contributed by atoms with van der Waals surface area (Å²) in [6.45, 7) is 2.08. The van der Waals surface area contributed by atoms with Crippen LogP contribution in [0.5, 0.6) is 0 Å². The first kappa shape index (κ1) is 16.8. The van der Waals surface area contributed by atoms with Gasteiger partial charge < -0.3 is 10.6 Å². The molecule has 0 unspecified atom stereocenters. The Balaban J connectivity index is 1.78. The Kier molecular flexibility index (Phi) is 4.75. The quantitative estimate of drug-likeness (QED) is 0.715. The van der Waals surface area contributed by atoms with Gasteiger partial charge in [0.2, 0.25) is 0 Å².